The van der Waals surface area contributed by atoms with E-state index in [0.29, 0.717) is 17.8 Å². The number of anilines is 1. The summed E-state index contributed by atoms with van der Waals surface area (Å²) in [6.07, 6.45) is 5.31. The highest BCUT2D eigenvalue weighted by atomic mass is 32.2. The average Bonchev–Trinajstić information content (AvgIpc) is 3.32. The van der Waals surface area contributed by atoms with Crippen LogP contribution in [0.1, 0.15) is 27.2 Å². The van der Waals surface area contributed by atoms with Gasteiger partial charge in [0.05, 0.1) is 23.7 Å². The third kappa shape index (κ3) is 5.90. The molecule has 7 nitrogen and oxygen atoms in total. The zero-order valence-corrected chi connectivity index (χ0v) is 19.8. The minimum atomic E-state index is -0.230. The number of imidazole rings is 1. The zero-order chi connectivity index (χ0) is 23.9. The van der Waals surface area contributed by atoms with Crippen LogP contribution < -0.4 is 10.6 Å². The van der Waals surface area contributed by atoms with Crippen molar-refractivity contribution in [1.29, 1.82) is 0 Å². The SMILES string of the molecule is Cc1ccc(C)c(-n2ccnc2SCC(=O)Nc2cccc(C(=O)NCc3ccccn3)c2)c1. The molecule has 0 saturated carbocycles. The molecule has 2 amide bonds. The maximum Gasteiger partial charge on any atom is 0.251 e. The van der Waals surface area contributed by atoms with Crippen LogP contribution >= 0.6 is 11.8 Å². The van der Waals surface area contributed by atoms with Gasteiger partial charge in [-0.05, 0) is 61.4 Å². The molecule has 0 fully saturated rings. The fourth-order valence-corrected chi connectivity index (χ4v) is 4.17. The monoisotopic (exact) mass is 471 g/mol. The molecule has 34 heavy (non-hydrogen) atoms. The van der Waals surface area contributed by atoms with Crippen LogP contribution in [-0.4, -0.2) is 32.1 Å². The largest absolute Gasteiger partial charge is 0.346 e. The van der Waals surface area contributed by atoms with Crippen LogP contribution in [-0.2, 0) is 11.3 Å². The topological polar surface area (TPSA) is 88.9 Å². The summed E-state index contributed by atoms with van der Waals surface area (Å²) in [7, 11) is 0. The summed E-state index contributed by atoms with van der Waals surface area (Å²) < 4.78 is 1.99. The number of nitrogens with one attached hydrogen (secondary N) is 2. The Balaban J connectivity index is 1.35. The Morgan fingerprint density at radius 1 is 0.971 bits per heavy atom. The summed E-state index contributed by atoms with van der Waals surface area (Å²) in [5.74, 6) is -0.212. The quantitative estimate of drug-likeness (QED) is 0.368. The molecule has 172 valence electrons. The lowest BCUT2D eigenvalue weighted by molar-refractivity contribution is -0.113. The van der Waals surface area contributed by atoms with Crippen molar-refractivity contribution < 1.29 is 9.59 Å². The second-order valence-electron chi connectivity index (χ2n) is 7.79. The fraction of sp³-hybridized carbons (Fsp3) is 0.154. The molecule has 0 bridgehead atoms. The number of thioether (sulfide) groups is 1. The molecule has 2 heterocycles. The number of benzene rings is 2. The van der Waals surface area contributed by atoms with Crippen LogP contribution in [0.4, 0.5) is 5.69 Å². The number of hydrogen-bond donors (Lipinski definition) is 2. The summed E-state index contributed by atoms with van der Waals surface area (Å²) in [5.41, 5.74) is 5.14. The summed E-state index contributed by atoms with van der Waals surface area (Å²) in [6, 6.07) is 18.7. The third-order valence-corrected chi connectivity index (χ3v) is 6.09. The van der Waals surface area contributed by atoms with Crippen molar-refractivity contribution in [2.24, 2.45) is 0 Å². The number of carbonyl (C=O) groups is 2. The normalized spacial score (nSPS) is 10.6. The fourth-order valence-electron chi connectivity index (χ4n) is 3.40. The average molecular weight is 472 g/mol. The summed E-state index contributed by atoms with van der Waals surface area (Å²) >= 11 is 1.36. The highest BCUT2D eigenvalue weighted by molar-refractivity contribution is 7.99. The molecule has 2 aromatic heterocycles. The number of carbonyl (C=O) groups excluding carboxylic acids is 2. The second-order valence-corrected chi connectivity index (χ2v) is 8.73. The Labute approximate surface area is 202 Å². The molecule has 0 aliphatic heterocycles. The predicted molar refractivity (Wildman–Crippen MR) is 134 cm³/mol. The first-order chi connectivity index (χ1) is 16.5. The van der Waals surface area contributed by atoms with Crippen molar-refractivity contribution in [2.75, 3.05) is 11.1 Å². The van der Waals surface area contributed by atoms with E-state index in [0.717, 1.165) is 27.7 Å². The van der Waals surface area contributed by atoms with Crippen molar-refractivity contribution >= 4 is 29.3 Å². The molecule has 2 N–H and O–H groups in total. The van der Waals surface area contributed by atoms with Gasteiger partial charge in [0.1, 0.15) is 0 Å². The van der Waals surface area contributed by atoms with E-state index in [1.54, 1.807) is 36.7 Å². The van der Waals surface area contributed by atoms with Crippen LogP contribution in [0.15, 0.2) is 84.4 Å². The van der Waals surface area contributed by atoms with Crippen LogP contribution in [0.5, 0.6) is 0 Å². The zero-order valence-electron chi connectivity index (χ0n) is 19.0. The first-order valence-corrected chi connectivity index (χ1v) is 11.8. The summed E-state index contributed by atoms with van der Waals surface area (Å²) in [4.78, 5) is 33.7. The molecule has 2 aromatic carbocycles. The van der Waals surface area contributed by atoms with Gasteiger partial charge in [0.15, 0.2) is 5.16 Å². The van der Waals surface area contributed by atoms with Gasteiger partial charge in [-0.25, -0.2) is 4.98 Å². The predicted octanol–water partition coefficient (Wildman–Crippen LogP) is 4.54. The van der Waals surface area contributed by atoms with Crippen LogP contribution in [0.25, 0.3) is 5.69 Å². The second kappa shape index (κ2) is 10.8. The van der Waals surface area contributed by atoms with Crippen LogP contribution in [0.3, 0.4) is 0 Å². The number of rotatable bonds is 8. The van der Waals surface area contributed by atoms with E-state index in [1.165, 1.54) is 11.8 Å². The maximum absolute atomic E-state index is 12.6. The Hall–Kier alpha value is -3.91. The summed E-state index contributed by atoms with van der Waals surface area (Å²) in [5, 5.41) is 6.45. The lowest BCUT2D eigenvalue weighted by Crippen LogP contribution is -2.23. The lowest BCUT2D eigenvalue weighted by atomic mass is 10.1. The Morgan fingerprint density at radius 3 is 2.68 bits per heavy atom. The Morgan fingerprint density at radius 2 is 1.85 bits per heavy atom. The van der Waals surface area contributed by atoms with Crippen molar-refractivity contribution in [1.82, 2.24) is 19.9 Å². The van der Waals surface area contributed by atoms with Gasteiger partial charge in [-0.1, -0.05) is 36.0 Å². The molecule has 0 spiro atoms. The molecule has 0 aliphatic carbocycles. The maximum atomic E-state index is 12.6. The van der Waals surface area contributed by atoms with E-state index in [2.05, 4.69) is 45.7 Å². The van der Waals surface area contributed by atoms with E-state index in [4.69, 9.17) is 0 Å². The Kier molecular flexibility index (Phi) is 7.39. The van der Waals surface area contributed by atoms with E-state index in [-0.39, 0.29) is 17.6 Å². The third-order valence-electron chi connectivity index (χ3n) is 5.13. The van der Waals surface area contributed by atoms with Gasteiger partial charge in [-0.15, -0.1) is 0 Å². The Bertz CT molecular complexity index is 1300. The molecular formula is C26H25N5O2S. The van der Waals surface area contributed by atoms with Gasteiger partial charge in [-0.3, -0.25) is 19.1 Å². The van der Waals surface area contributed by atoms with E-state index < -0.39 is 0 Å². The van der Waals surface area contributed by atoms with E-state index in [9.17, 15) is 9.59 Å². The molecule has 4 rings (SSSR count). The molecule has 0 atom stereocenters. The minimum Gasteiger partial charge on any atom is -0.346 e. The highest BCUT2D eigenvalue weighted by Crippen LogP contribution is 2.24. The first-order valence-electron chi connectivity index (χ1n) is 10.8. The molecule has 0 unspecified atom stereocenters. The van der Waals surface area contributed by atoms with Crippen molar-refractivity contribution in [2.45, 2.75) is 25.5 Å². The van der Waals surface area contributed by atoms with Gasteiger partial charge in [-0.2, -0.15) is 0 Å². The first kappa shape index (κ1) is 23.3. The molecule has 0 aliphatic rings. The van der Waals surface area contributed by atoms with Gasteiger partial charge in [0.2, 0.25) is 5.91 Å². The van der Waals surface area contributed by atoms with Gasteiger partial charge < -0.3 is 10.6 Å². The number of nitrogens with zero attached hydrogens (tertiary/aromatic N) is 3. The van der Waals surface area contributed by atoms with Crippen molar-refractivity contribution in [3.05, 3.63) is 102 Å². The standard InChI is InChI=1S/C26H25N5O2S/c1-18-9-10-19(2)23(14-18)31-13-12-28-26(31)34-17-24(32)30-21-8-5-6-20(15-21)25(33)29-16-22-7-3-4-11-27-22/h3-15H,16-17H2,1-2H3,(H,29,33)(H,30,32). The van der Waals surface area contributed by atoms with Gasteiger partial charge in [0, 0.05) is 29.8 Å². The molecule has 0 saturated heterocycles. The number of pyridine rings is 1. The van der Waals surface area contributed by atoms with Gasteiger partial charge in [0.25, 0.3) is 5.91 Å². The van der Waals surface area contributed by atoms with E-state index >= 15 is 0 Å². The van der Waals surface area contributed by atoms with Crippen molar-refractivity contribution in [3.8, 4) is 5.69 Å². The highest BCUT2D eigenvalue weighted by Gasteiger charge is 2.12. The number of aryl methyl sites for hydroxylation is 2. The molecule has 4 aromatic rings. The van der Waals surface area contributed by atoms with E-state index in [1.807, 2.05) is 35.9 Å². The lowest BCUT2D eigenvalue weighted by Gasteiger charge is -2.12. The molecule has 0 radical (unpaired) electrons. The van der Waals surface area contributed by atoms with Gasteiger partial charge >= 0.3 is 0 Å². The smallest absolute Gasteiger partial charge is 0.251 e. The van der Waals surface area contributed by atoms with Crippen LogP contribution in [0, 0.1) is 13.8 Å². The molecular weight excluding hydrogens is 446 g/mol. The van der Waals surface area contributed by atoms with Crippen molar-refractivity contribution in [3.63, 3.8) is 0 Å². The van der Waals surface area contributed by atoms with Crippen LogP contribution in [0.2, 0.25) is 0 Å². The molecule has 8 heteroatoms. The summed E-state index contributed by atoms with van der Waals surface area (Å²) in [6.45, 7) is 4.43. The number of amides is 2. The number of hydrogen-bond acceptors (Lipinski definition) is 5. The number of aromatic nitrogens is 3. The minimum absolute atomic E-state index is 0.174.